The van der Waals surface area contributed by atoms with Crippen molar-refractivity contribution in [2.45, 2.75) is 91.0 Å². The van der Waals surface area contributed by atoms with Gasteiger partial charge in [0.1, 0.15) is 5.60 Å². The van der Waals surface area contributed by atoms with E-state index >= 15 is 0 Å². The predicted molar refractivity (Wildman–Crippen MR) is 119 cm³/mol. The molecule has 2 atom stereocenters. The van der Waals surface area contributed by atoms with E-state index in [4.69, 9.17) is 4.74 Å². The summed E-state index contributed by atoms with van der Waals surface area (Å²) in [5, 5.41) is 9.45. The Balaban J connectivity index is 4.84. The maximum absolute atomic E-state index is 12.2. The standard InChI is InChI=1S/C20H42N4O3S/c1-9-11-12-16(15-23-18(25)27-19(3,4)5)24-17(21-10-2)22-13-14-28(26)20(6,7)8/h16H,9-15H2,1-8H3,(H,23,25)(H2,21,22,24). The van der Waals surface area contributed by atoms with E-state index in [1.807, 2.05) is 48.5 Å². The Labute approximate surface area is 174 Å². The fourth-order valence-electron chi connectivity index (χ4n) is 2.26. The number of nitrogens with zero attached hydrogens (tertiary/aromatic N) is 1. The Kier molecular flexibility index (Phi) is 12.4. The lowest BCUT2D eigenvalue weighted by Gasteiger charge is -2.24. The van der Waals surface area contributed by atoms with E-state index in [0.29, 0.717) is 24.8 Å². The van der Waals surface area contributed by atoms with Gasteiger partial charge in [-0.3, -0.25) is 9.20 Å². The number of aliphatic imine (C=N–C) groups is 1. The van der Waals surface area contributed by atoms with Crippen LogP contribution >= 0.6 is 0 Å². The SMILES string of the molecule is CCCCC(CNC(=O)OC(C)(C)C)NC(=NCCS(=O)C(C)(C)C)NCC. The zero-order valence-electron chi connectivity index (χ0n) is 19.1. The fourth-order valence-corrected chi connectivity index (χ4v) is 3.13. The largest absolute Gasteiger partial charge is 0.444 e. The van der Waals surface area contributed by atoms with E-state index in [-0.39, 0.29) is 10.8 Å². The first kappa shape index (κ1) is 26.7. The molecule has 0 heterocycles. The molecule has 7 nitrogen and oxygen atoms in total. The highest BCUT2D eigenvalue weighted by Crippen LogP contribution is 2.11. The highest BCUT2D eigenvalue weighted by Gasteiger charge is 2.19. The number of amides is 1. The van der Waals surface area contributed by atoms with E-state index in [9.17, 15) is 9.00 Å². The van der Waals surface area contributed by atoms with Crippen LogP contribution < -0.4 is 16.0 Å². The smallest absolute Gasteiger partial charge is 0.407 e. The minimum absolute atomic E-state index is 0.0402. The Morgan fingerprint density at radius 1 is 1.11 bits per heavy atom. The van der Waals surface area contributed by atoms with Crippen molar-refractivity contribution >= 4 is 22.9 Å². The molecular weight excluding hydrogens is 376 g/mol. The lowest BCUT2D eigenvalue weighted by molar-refractivity contribution is 0.0522. The molecule has 0 aliphatic rings. The van der Waals surface area contributed by atoms with Gasteiger partial charge in [0.25, 0.3) is 0 Å². The second-order valence-electron chi connectivity index (χ2n) is 8.79. The zero-order chi connectivity index (χ0) is 21.8. The Morgan fingerprint density at radius 3 is 2.25 bits per heavy atom. The average Bonchev–Trinajstić information content (AvgIpc) is 2.54. The minimum atomic E-state index is -0.931. The van der Waals surface area contributed by atoms with E-state index < -0.39 is 22.5 Å². The van der Waals surface area contributed by atoms with Crippen molar-refractivity contribution in [3.05, 3.63) is 0 Å². The molecule has 0 spiro atoms. The number of carbonyl (C=O) groups excluding carboxylic acids is 1. The number of carbonyl (C=O) groups is 1. The third-order valence-corrected chi connectivity index (χ3v) is 5.63. The maximum atomic E-state index is 12.2. The number of nitrogens with one attached hydrogen (secondary N) is 3. The first-order valence-corrected chi connectivity index (χ1v) is 11.6. The molecule has 0 aliphatic heterocycles. The Hall–Kier alpha value is -1.31. The first-order valence-electron chi connectivity index (χ1n) is 10.3. The van der Waals surface area contributed by atoms with Crippen LogP contribution in [0.3, 0.4) is 0 Å². The van der Waals surface area contributed by atoms with Crippen molar-refractivity contribution in [1.82, 2.24) is 16.0 Å². The molecule has 0 aromatic heterocycles. The van der Waals surface area contributed by atoms with E-state index in [2.05, 4.69) is 27.9 Å². The summed E-state index contributed by atoms with van der Waals surface area (Å²) in [5.74, 6) is 1.20. The summed E-state index contributed by atoms with van der Waals surface area (Å²) in [7, 11) is -0.931. The summed E-state index contributed by atoms with van der Waals surface area (Å²) in [6.07, 6.45) is 2.60. The van der Waals surface area contributed by atoms with Gasteiger partial charge in [-0.15, -0.1) is 0 Å². The zero-order valence-corrected chi connectivity index (χ0v) is 19.9. The molecular formula is C20H42N4O3S. The van der Waals surface area contributed by atoms with Crippen molar-refractivity contribution < 1.29 is 13.7 Å². The molecule has 3 N–H and O–H groups in total. The lowest BCUT2D eigenvalue weighted by Crippen LogP contribution is -2.49. The fraction of sp³-hybridized carbons (Fsp3) is 0.900. The highest BCUT2D eigenvalue weighted by atomic mass is 32.2. The summed E-state index contributed by atoms with van der Waals surface area (Å²) in [6, 6.07) is 0.0402. The molecule has 0 aliphatic carbocycles. The molecule has 0 saturated heterocycles. The lowest BCUT2D eigenvalue weighted by atomic mass is 10.1. The van der Waals surface area contributed by atoms with Crippen LogP contribution in [0.15, 0.2) is 4.99 Å². The highest BCUT2D eigenvalue weighted by molar-refractivity contribution is 7.86. The normalized spacial score (nSPS) is 14.9. The van der Waals surface area contributed by atoms with Crippen LogP contribution in [-0.2, 0) is 15.5 Å². The third-order valence-electron chi connectivity index (χ3n) is 3.71. The summed E-state index contributed by atoms with van der Waals surface area (Å²) in [6.45, 7) is 17.3. The molecule has 28 heavy (non-hydrogen) atoms. The molecule has 0 fully saturated rings. The number of hydrogen-bond donors (Lipinski definition) is 3. The summed E-state index contributed by atoms with van der Waals surface area (Å²) < 4.78 is 17.3. The van der Waals surface area contributed by atoms with Crippen LogP contribution in [0.4, 0.5) is 4.79 Å². The first-order chi connectivity index (χ1) is 12.9. The van der Waals surface area contributed by atoms with Gasteiger partial charge in [0.15, 0.2) is 5.96 Å². The van der Waals surface area contributed by atoms with Crippen LogP contribution in [-0.4, -0.2) is 58.0 Å². The quantitative estimate of drug-likeness (QED) is 0.374. The van der Waals surface area contributed by atoms with Crippen LogP contribution in [0.25, 0.3) is 0 Å². The topological polar surface area (TPSA) is 91.8 Å². The number of alkyl carbamates (subject to hydrolysis) is 1. The van der Waals surface area contributed by atoms with E-state index in [1.165, 1.54) is 0 Å². The van der Waals surface area contributed by atoms with Crippen LogP contribution in [0, 0.1) is 0 Å². The third kappa shape index (κ3) is 13.8. The van der Waals surface area contributed by atoms with Crippen molar-refractivity contribution in [3.63, 3.8) is 0 Å². The van der Waals surface area contributed by atoms with E-state index in [1.54, 1.807) is 0 Å². The number of hydrogen-bond acceptors (Lipinski definition) is 4. The van der Waals surface area contributed by atoms with Crippen LogP contribution in [0.1, 0.15) is 74.7 Å². The van der Waals surface area contributed by atoms with Crippen molar-refractivity contribution in [1.29, 1.82) is 0 Å². The number of ether oxygens (including phenoxy) is 1. The number of rotatable bonds is 10. The van der Waals surface area contributed by atoms with Gasteiger partial charge in [-0.05, 0) is 54.9 Å². The van der Waals surface area contributed by atoms with Gasteiger partial charge in [-0.1, -0.05) is 19.8 Å². The molecule has 0 aromatic rings. The van der Waals surface area contributed by atoms with Crippen molar-refractivity contribution in [2.75, 3.05) is 25.4 Å². The average molecular weight is 419 g/mol. The van der Waals surface area contributed by atoms with Crippen LogP contribution in [0.5, 0.6) is 0 Å². The van der Waals surface area contributed by atoms with Crippen molar-refractivity contribution in [3.8, 4) is 0 Å². The number of guanidine groups is 1. The Bertz CT molecular complexity index is 511. The van der Waals surface area contributed by atoms with Crippen LogP contribution in [0.2, 0.25) is 0 Å². The van der Waals surface area contributed by atoms with Crippen molar-refractivity contribution in [2.24, 2.45) is 4.99 Å². The molecule has 0 bridgehead atoms. The molecule has 2 unspecified atom stereocenters. The second-order valence-corrected chi connectivity index (χ2v) is 11.1. The molecule has 1 amide bonds. The monoisotopic (exact) mass is 418 g/mol. The van der Waals surface area contributed by atoms with Gasteiger partial charge < -0.3 is 20.7 Å². The molecule has 0 rings (SSSR count). The summed E-state index contributed by atoms with van der Waals surface area (Å²) >= 11 is 0. The minimum Gasteiger partial charge on any atom is -0.444 e. The van der Waals surface area contributed by atoms with Gasteiger partial charge in [-0.2, -0.15) is 0 Å². The van der Waals surface area contributed by atoms with Gasteiger partial charge in [-0.25, -0.2) is 4.79 Å². The van der Waals surface area contributed by atoms with Gasteiger partial charge in [0.2, 0.25) is 0 Å². The maximum Gasteiger partial charge on any atom is 0.407 e. The van der Waals surface area contributed by atoms with Gasteiger partial charge in [0, 0.05) is 40.4 Å². The molecule has 0 aromatic carbocycles. The van der Waals surface area contributed by atoms with Gasteiger partial charge >= 0.3 is 6.09 Å². The molecule has 8 heteroatoms. The summed E-state index contributed by atoms with van der Waals surface area (Å²) in [4.78, 5) is 16.5. The number of unbranched alkanes of at least 4 members (excludes halogenated alkanes) is 1. The Morgan fingerprint density at radius 2 is 1.75 bits per heavy atom. The second kappa shape index (κ2) is 13.0. The predicted octanol–water partition coefficient (Wildman–Crippen LogP) is 3.17. The van der Waals surface area contributed by atoms with E-state index in [0.717, 1.165) is 25.8 Å². The van der Waals surface area contributed by atoms with Gasteiger partial charge in [0.05, 0.1) is 6.54 Å². The molecule has 0 radical (unpaired) electrons. The molecule has 166 valence electrons. The summed E-state index contributed by atoms with van der Waals surface area (Å²) in [5.41, 5.74) is -0.518. The molecule has 0 saturated carbocycles.